The molecule has 0 atom stereocenters. The maximum atomic E-state index is 12.3. The van der Waals surface area contributed by atoms with E-state index in [1.165, 1.54) is 42.5 Å². The van der Waals surface area contributed by atoms with E-state index in [-0.39, 0.29) is 20.9 Å². The van der Waals surface area contributed by atoms with Gasteiger partial charge in [0.1, 0.15) is 0 Å². The van der Waals surface area contributed by atoms with Gasteiger partial charge >= 0.3 is 0 Å². The number of amides is 1. The molecule has 4 rings (SSSR count). The van der Waals surface area contributed by atoms with Crippen LogP contribution in [-0.4, -0.2) is 20.1 Å². The predicted octanol–water partition coefficient (Wildman–Crippen LogP) is 1.16. The molecule has 0 saturated heterocycles. The molecule has 2 bridgehead atoms. The first-order chi connectivity index (χ1) is 9.41. The van der Waals surface area contributed by atoms with Crippen molar-refractivity contribution in [2.24, 2.45) is 5.73 Å². The molecule has 0 aliphatic carbocycles. The molecule has 2 heterocycles. The molecule has 0 radical (unpaired) electrons. The molecule has 0 saturated carbocycles. The molecule has 1 amide bonds. The molecule has 5 nitrogen and oxygen atoms in total. The molecular weight excluding hydrogens is 278 g/mol. The van der Waals surface area contributed by atoms with E-state index in [1.807, 2.05) is 0 Å². The van der Waals surface area contributed by atoms with Crippen molar-refractivity contribution in [3.8, 4) is 0 Å². The van der Waals surface area contributed by atoms with Gasteiger partial charge in [0.05, 0.1) is 9.79 Å². The van der Waals surface area contributed by atoms with Gasteiger partial charge in [-0.2, -0.15) is 0 Å². The first-order valence-electron chi connectivity index (χ1n) is 5.75. The van der Waals surface area contributed by atoms with Gasteiger partial charge in [-0.25, -0.2) is 8.42 Å². The van der Waals surface area contributed by atoms with Crippen LogP contribution < -0.4 is 5.73 Å². The van der Waals surface area contributed by atoms with Gasteiger partial charge in [0.25, 0.3) is 0 Å². The van der Waals surface area contributed by atoms with Crippen molar-refractivity contribution < 1.29 is 18.0 Å². The van der Waals surface area contributed by atoms with Crippen LogP contribution in [0.2, 0.25) is 0 Å². The molecule has 0 unspecified atom stereocenters. The van der Waals surface area contributed by atoms with Gasteiger partial charge in [0, 0.05) is 16.7 Å². The van der Waals surface area contributed by atoms with Gasteiger partial charge in [-0.05, 0) is 30.3 Å². The lowest BCUT2D eigenvalue weighted by molar-refractivity contribution is 0.0996. The van der Waals surface area contributed by atoms with E-state index in [2.05, 4.69) is 0 Å². The second kappa shape index (κ2) is 4.01. The lowest BCUT2D eigenvalue weighted by Gasteiger charge is -2.18. The normalized spacial score (nSPS) is 14.4. The highest BCUT2D eigenvalue weighted by atomic mass is 32.2. The third-order valence-electron chi connectivity index (χ3n) is 3.23. The minimum atomic E-state index is -3.43. The van der Waals surface area contributed by atoms with Gasteiger partial charge in [-0.3, -0.25) is 9.59 Å². The largest absolute Gasteiger partial charge is 0.366 e. The van der Waals surface area contributed by atoms with Crippen molar-refractivity contribution in [1.82, 2.24) is 0 Å². The second-order valence-corrected chi connectivity index (χ2v) is 6.35. The summed E-state index contributed by atoms with van der Waals surface area (Å²) in [7, 11) is -3.43. The Labute approximate surface area is 115 Å². The molecule has 20 heavy (non-hydrogen) atoms. The standard InChI is InChI=1S/C14H9NO4S/c15-14(17)9-3-1-8(2-4-9)13(16)11-6-5-10-7-12(11)20(10,18)19/h1-7H,(H2,15,17). The highest BCUT2D eigenvalue weighted by molar-refractivity contribution is 7.92. The molecule has 2 aliphatic rings. The number of benzene rings is 2. The van der Waals surface area contributed by atoms with Crippen molar-refractivity contribution >= 4 is 21.5 Å². The van der Waals surface area contributed by atoms with E-state index in [1.54, 1.807) is 0 Å². The molecule has 0 aromatic heterocycles. The Hall–Kier alpha value is -2.47. The summed E-state index contributed by atoms with van der Waals surface area (Å²) in [4.78, 5) is 23.5. The molecule has 2 aromatic carbocycles. The Morgan fingerprint density at radius 1 is 0.900 bits per heavy atom. The highest BCUT2D eigenvalue weighted by Gasteiger charge is 2.33. The van der Waals surface area contributed by atoms with Crippen LogP contribution in [0.25, 0.3) is 0 Å². The average molecular weight is 287 g/mol. The average Bonchev–Trinajstić information content (AvgIpc) is 2.46. The quantitative estimate of drug-likeness (QED) is 0.731. The molecule has 100 valence electrons. The predicted molar refractivity (Wildman–Crippen MR) is 70.3 cm³/mol. The Kier molecular flexibility index (Phi) is 2.52. The van der Waals surface area contributed by atoms with Crippen LogP contribution >= 0.6 is 0 Å². The van der Waals surface area contributed by atoms with Gasteiger partial charge in [-0.15, -0.1) is 0 Å². The Morgan fingerprint density at radius 3 is 2.00 bits per heavy atom. The van der Waals surface area contributed by atoms with E-state index in [0.717, 1.165) is 0 Å². The number of carbonyl (C=O) groups excluding carboxylic acids is 2. The van der Waals surface area contributed by atoms with Gasteiger partial charge in [0.15, 0.2) is 5.78 Å². The maximum Gasteiger partial charge on any atom is 0.248 e. The van der Waals surface area contributed by atoms with Crippen LogP contribution in [0.15, 0.2) is 52.3 Å². The van der Waals surface area contributed by atoms with Gasteiger partial charge < -0.3 is 5.73 Å². The van der Waals surface area contributed by atoms with Crippen LogP contribution in [0.3, 0.4) is 0 Å². The summed E-state index contributed by atoms with van der Waals surface area (Å²) in [6.45, 7) is 0. The van der Waals surface area contributed by atoms with Crippen molar-refractivity contribution in [3.63, 3.8) is 0 Å². The SMILES string of the molecule is NC(=O)c1ccc(C(=O)c2ccc3cc2S3(=O)=O)cc1. The summed E-state index contributed by atoms with van der Waals surface area (Å²) in [6, 6.07) is 10.2. The summed E-state index contributed by atoms with van der Waals surface area (Å²) < 4.78 is 23.5. The van der Waals surface area contributed by atoms with Crippen LogP contribution in [-0.2, 0) is 9.84 Å². The lowest BCUT2D eigenvalue weighted by Crippen LogP contribution is -2.18. The number of primary amides is 1. The zero-order chi connectivity index (χ0) is 14.5. The van der Waals surface area contributed by atoms with Gasteiger partial charge in [0.2, 0.25) is 15.7 Å². The number of sulfone groups is 1. The summed E-state index contributed by atoms with van der Waals surface area (Å²) >= 11 is 0. The molecule has 2 aliphatic heterocycles. The fourth-order valence-electron chi connectivity index (χ4n) is 2.09. The Balaban J connectivity index is 2.02. The zero-order valence-corrected chi connectivity index (χ0v) is 11.0. The summed E-state index contributed by atoms with van der Waals surface area (Å²) in [6.07, 6.45) is 0. The summed E-state index contributed by atoms with van der Waals surface area (Å²) in [5.74, 6) is -0.983. The topological polar surface area (TPSA) is 94.3 Å². The molecule has 2 aromatic rings. The first kappa shape index (κ1) is 12.6. The number of rotatable bonds is 3. The Bertz CT molecular complexity index is 847. The summed E-state index contributed by atoms with van der Waals surface area (Å²) in [5, 5.41) is 0. The molecule has 2 N–H and O–H groups in total. The monoisotopic (exact) mass is 287 g/mol. The van der Waals surface area contributed by atoms with E-state index < -0.39 is 21.5 Å². The molecular formula is C14H9NO4S. The van der Waals surface area contributed by atoms with E-state index in [4.69, 9.17) is 5.73 Å². The van der Waals surface area contributed by atoms with Crippen LogP contribution in [0.5, 0.6) is 0 Å². The number of hydrogen-bond donors (Lipinski definition) is 1. The zero-order valence-electron chi connectivity index (χ0n) is 10.2. The number of nitrogens with two attached hydrogens (primary N) is 1. The number of carbonyl (C=O) groups is 2. The molecule has 6 heteroatoms. The molecule has 0 fully saturated rings. The van der Waals surface area contributed by atoms with Crippen molar-refractivity contribution in [3.05, 3.63) is 59.2 Å². The smallest absolute Gasteiger partial charge is 0.248 e. The number of ketones is 1. The van der Waals surface area contributed by atoms with Crippen molar-refractivity contribution in [1.29, 1.82) is 0 Å². The lowest BCUT2D eigenvalue weighted by atomic mass is 10.0. The summed E-state index contributed by atoms with van der Waals surface area (Å²) in [5.41, 5.74) is 5.86. The van der Waals surface area contributed by atoms with Crippen molar-refractivity contribution in [2.75, 3.05) is 0 Å². The Morgan fingerprint density at radius 2 is 1.50 bits per heavy atom. The number of fused-ring (bicyclic) bond motifs is 2. The van der Waals surface area contributed by atoms with Crippen molar-refractivity contribution in [2.45, 2.75) is 9.79 Å². The second-order valence-electron chi connectivity index (χ2n) is 4.43. The third kappa shape index (κ3) is 1.65. The fraction of sp³-hybridized carbons (Fsp3) is 0. The minimum absolute atomic E-state index is 0.0546. The fourth-order valence-corrected chi connectivity index (χ4v) is 3.41. The maximum absolute atomic E-state index is 12.3. The van der Waals surface area contributed by atoms with Crippen LogP contribution in [0, 0.1) is 0 Å². The first-order valence-corrected chi connectivity index (χ1v) is 7.23. The third-order valence-corrected chi connectivity index (χ3v) is 5.02. The van der Waals surface area contributed by atoms with E-state index in [0.29, 0.717) is 5.56 Å². The van der Waals surface area contributed by atoms with E-state index in [9.17, 15) is 18.0 Å². The van der Waals surface area contributed by atoms with E-state index >= 15 is 0 Å². The minimum Gasteiger partial charge on any atom is -0.366 e. The molecule has 0 spiro atoms. The van der Waals surface area contributed by atoms with Crippen LogP contribution in [0.1, 0.15) is 26.3 Å². The van der Waals surface area contributed by atoms with Gasteiger partial charge in [-0.1, -0.05) is 12.1 Å². The van der Waals surface area contributed by atoms with Crippen LogP contribution in [0.4, 0.5) is 0 Å². The highest BCUT2D eigenvalue weighted by Crippen LogP contribution is 2.35. The number of hydrogen-bond acceptors (Lipinski definition) is 4.